The molecule has 0 aliphatic heterocycles. The fourth-order valence-electron chi connectivity index (χ4n) is 1.52. The van der Waals surface area contributed by atoms with E-state index in [4.69, 9.17) is 9.84 Å². The standard InChI is InChI=1S/C14H21NO3S/c1-3-18-13-7-5-4-6-12(13)15-14(17)10-19-11(2)8-9-16/h4-7,11,16H,3,8-10H2,1-2H3,(H,15,17). The molecule has 5 heteroatoms. The van der Waals surface area contributed by atoms with Crippen molar-refractivity contribution in [1.82, 2.24) is 0 Å². The molecule has 0 bridgehead atoms. The average molecular weight is 283 g/mol. The molecule has 0 saturated carbocycles. The third kappa shape index (κ3) is 5.98. The second kappa shape index (κ2) is 8.82. The van der Waals surface area contributed by atoms with E-state index in [0.29, 0.717) is 30.2 Å². The van der Waals surface area contributed by atoms with Gasteiger partial charge < -0.3 is 15.2 Å². The quantitative estimate of drug-likeness (QED) is 0.769. The number of hydrogen-bond acceptors (Lipinski definition) is 4. The molecule has 0 aromatic heterocycles. The third-order valence-electron chi connectivity index (χ3n) is 2.50. The van der Waals surface area contributed by atoms with Crippen LogP contribution in [0.3, 0.4) is 0 Å². The number of aliphatic hydroxyl groups excluding tert-OH is 1. The summed E-state index contributed by atoms with van der Waals surface area (Å²) in [4.78, 5) is 11.8. The smallest absolute Gasteiger partial charge is 0.234 e. The zero-order valence-corrected chi connectivity index (χ0v) is 12.2. The number of aliphatic hydroxyl groups is 1. The maximum Gasteiger partial charge on any atom is 0.234 e. The molecule has 1 atom stereocenters. The molecular formula is C14H21NO3S. The lowest BCUT2D eigenvalue weighted by Crippen LogP contribution is -2.16. The Hall–Kier alpha value is -1.20. The van der Waals surface area contributed by atoms with Gasteiger partial charge in [-0.05, 0) is 25.5 Å². The van der Waals surface area contributed by atoms with E-state index in [1.807, 2.05) is 38.1 Å². The van der Waals surface area contributed by atoms with E-state index in [9.17, 15) is 4.79 Å². The first-order valence-corrected chi connectivity index (χ1v) is 7.46. The molecule has 0 saturated heterocycles. The number of benzene rings is 1. The normalized spacial score (nSPS) is 11.9. The van der Waals surface area contributed by atoms with Crippen molar-refractivity contribution in [3.63, 3.8) is 0 Å². The molecule has 19 heavy (non-hydrogen) atoms. The van der Waals surface area contributed by atoms with Crippen LogP contribution in [0.5, 0.6) is 5.75 Å². The molecule has 2 N–H and O–H groups in total. The number of ether oxygens (including phenoxy) is 1. The number of carbonyl (C=O) groups excluding carboxylic acids is 1. The van der Waals surface area contributed by atoms with E-state index in [1.165, 1.54) is 11.8 Å². The van der Waals surface area contributed by atoms with Crippen molar-refractivity contribution in [1.29, 1.82) is 0 Å². The van der Waals surface area contributed by atoms with Gasteiger partial charge >= 0.3 is 0 Å². The van der Waals surface area contributed by atoms with Crippen LogP contribution < -0.4 is 10.1 Å². The van der Waals surface area contributed by atoms with Crippen molar-refractivity contribution in [3.05, 3.63) is 24.3 Å². The summed E-state index contributed by atoms with van der Waals surface area (Å²) in [6.45, 7) is 4.63. The molecule has 1 rings (SSSR count). The molecule has 1 aromatic rings. The van der Waals surface area contributed by atoms with Gasteiger partial charge in [0, 0.05) is 11.9 Å². The topological polar surface area (TPSA) is 58.6 Å². The van der Waals surface area contributed by atoms with Crippen LogP contribution >= 0.6 is 11.8 Å². The van der Waals surface area contributed by atoms with E-state index < -0.39 is 0 Å². The highest BCUT2D eigenvalue weighted by atomic mass is 32.2. The minimum Gasteiger partial charge on any atom is -0.492 e. The van der Waals surface area contributed by atoms with Crippen molar-refractivity contribution >= 4 is 23.4 Å². The maximum absolute atomic E-state index is 11.8. The molecule has 106 valence electrons. The van der Waals surface area contributed by atoms with Gasteiger partial charge in [-0.15, -0.1) is 11.8 Å². The Morgan fingerprint density at radius 3 is 2.89 bits per heavy atom. The van der Waals surface area contributed by atoms with Crippen LogP contribution in [0.1, 0.15) is 20.3 Å². The van der Waals surface area contributed by atoms with Crippen LogP contribution in [0.2, 0.25) is 0 Å². The Kier molecular flexibility index (Phi) is 7.36. The van der Waals surface area contributed by atoms with E-state index in [2.05, 4.69) is 5.32 Å². The molecule has 1 amide bonds. The van der Waals surface area contributed by atoms with Crippen LogP contribution in [0, 0.1) is 0 Å². The summed E-state index contributed by atoms with van der Waals surface area (Å²) in [5.74, 6) is 1.01. The number of anilines is 1. The first kappa shape index (κ1) is 15.9. The summed E-state index contributed by atoms with van der Waals surface area (Å²) in [5, 5.41) is 11.9. The predicted octanol–water partition coefficient (Wildman–Crippen LogP) is 2.53. The monoisotopic (exact) mass is 283 g/mol. The first-order chi connectivity index (χ1) is 9.17. The Labute approximate surface area is 118 Å². The zero-order chi connectivity index (χ0) is 14.1. The van der Waals surface area contributed by atoms with Crippen molar-refractivity contribution in [2.75, 3.05) is 24.3 Å². The Morgan fingerprint density at radius 1 is 1.47 bits per heavy atom. The number of carbonyl (C=O) groups is 1. The van der Waals surface area contributed by atoms with Gasteiger partial charge in [-0.1, -0.05) is 19.1 Å². The molecule has 1 aromatic carbocycles. The minimum atomic E-state index is -0.0538. The third-order valence-corrected chi connectivity index (χ3v) is 3.73. The van der Waals surface area contributed by atoms with Crippen molar-refractivity contribution in [2.24, 2.45) is 0 Å². The van der Waals surface area contributed by atoms with Crippen LogP contribution in [0.25, 0.3) is 0 Å². The summed E-state index contributed by atoms with van der Waals surface area (Å²) >= 11 is 1.53. The fraction of sp³-hybridized carbons (Fsp3) is 0.500. The molecule has 0 radical (unpaired) electrons. The van der Waals surface area contributed by atoms with Crippen molar-refractivity contribution in [3.8, 4) is 5.75 Å². The second-order valence-electron chi connectivity index (χ2n) is 4.11. The number of thioether (sulfide) groups is 1. The van der Waals surface area contributed by atoms with Gasteiger partial charge in [0.15, 0.2) is 0 Å². The molecule has 0 heterocycles. The lowest BCUT2D eigenvalue weighted by molar-refractivity contribution is -0.113. The van der Waals surface area contributed by atoms with Crippen LogP contribution in [-0.2, 0) is 4.79 Å². The van der Waals surface area contributed by atoms with Gasteiger partial charge in [-0.25, -0.2) is 0 Å². The second-order valence-corrected chi connectivity index (χ2v) is 5.54. The van der Waals surface area contributed by atoms with Crippen molar-refractivity contribution < 1.29 is 14.6 Å². The minimum absolute atomic E-state index is 0.0538. The van der Waals surface area contributed by atoms with Gasteiger partial charge in [0.05, 0.1) is 18.0 Å². The number of para-hydroxylation sites is 2. The molecule has 4 nitrogen and oxygen atoms in total. The van der Waals surface area contributed by atoms with Crippen molar-refractivity contribution in [2.45, 2.75) is 25.5 Å². The van der Waals surface area contributed by atoms with E-state index in [0.717, 1.165) is 0 Å². The molecule has 0 spiro atoms. The van der Waals surface area contributed by atoms with Gasteiger partial charge in [0.2, 0.25) is 5.91 Å². The van der Waals surface area contributed by atoms with Gasteiger partial charge in [0.25, 0.3) is 0 Å². The van der Waals surface area contributed by atoms with E-state index in [-0.39, 0.29) is 17.8 Å². The molecule has 0 aliphatic carbocycles. The van der Waals surface area contributed by atoms with Crippen LogP contribution in [0.15, 0.2) is 24.3 Å². The summed E-state index contributed by atoms with van der Waals surface area (Å²) in [6, 6.07) is 7.39. The fourth-order valence-corrected chi connectivity index (χ4v) is 2.30. The molecule has 1 unspecified atom stereocenters. The lowest BCUT2D eigenvalue weighted by atomic mass is 10.3. The number of nitrogens with one attached hydrogen (secondary N) is 1. The van der Waals surface area contributed by atoms with E-state index in [1.54, 1.807) is 0 Å². The summed E-state index contributed by atoms with van der Waals surface area (Å²) in [5.41, 5.74) is 0.699. The van der Waals surface area contributed by atoms with Gasteiger partial charge in [0.1, 0.15) is 5.75 Å². The highest BCUT2D eigenvalue weighted by molar-refractivity contribution is 8.00. The zero-order valence-electron chi connectivity index (χ0n) is 11.4. The number of amides is 1. The highest BCUT2D eigenvalue weighted by Gasteiger charge is 2.09. The highest BCUT2D eigenvalue weighted by Crippen LogP contribution is 2.24. The first-order valence-electron chi connectivity index (χ1n) is 6.41. The Bertz CT molecular complexity index is 398. The largest absolute Gasteiger partial charge is 0.492 e. The number of rotatable bonds is 8. The molecular weight excluding hydrogens is 262 g/mol. The summed E-state index contributed by atoms with van der Waals surface area (Å²) in [7, 11) is 0. The maximum atomic E-state index is 11.8. The van der Waals surface area contributed by atoms with Gasteiger partial charge in [-0.2, -0.15) is 0 Å². The van der Waals surface area contributed by atoms with Crippen LogP contribution in [-0.4, -0.2) is 35.2 Å². The Balaban J connectivity index is 2.48. The lowest BCUT2D eigenvalue weighted by Gasteiger charge is -2.12. The molecule has 0 fully saturated rings. The Morgan fingerprint density at radius 2 is 2.21 bits per heavy atom. The summed E-state index contributed by atoms with van der Waals surface area (Å²) < 4.78 is 5.45. The average Bonchev–Trinajstić information content (AvgIpc) is 2.39. The summed E-state index contributed by atoms with van der Waals surface area (Å²) in [6.07, 6.45) is 0.702. The van der Waals surface area contributed by atoms with Gasteiger partial charge in [-0.3, -0.25) is 4.79 Å². The molecule has 0 aliphatic rings. The van der Waals surface area contributed by atoms with Crippen LogP contribution in [0.4, 0.5) is 5.69 Å². The number of hydrogen-bond donors (Lipinski definition) is 2. The van der Waals surface area contributed by atoms with E-state index >= 15 is 0 Å². The predicted molar refractivity (Wildman–Crippen MR) is 79.9 cm³/mol. The SMILES string of the molecule is CCOc1ccccc1NC(=O)CSC(C)CCO.